The molecule has 5 rings (SSSR count). The molecule has 0 aliphatic carbocycles. The van der Waals surface area contributed by atoms with Crippen molar-refractivity contribution in [2.75, 3.05) is 31.2 Å². The Labute approximate surface area is 202 Å². The topological polar surface area (TPSA) is 50.9 Å². The Balaban J connectivity index is 1.38. The lowest BCUT2D eigenvalue weighted by Crippen LogP contribution is -2.36. The number of ether oxygens (including phenoxy) is 1. The lowest BCUT2D eigenvalue weighted by atomic mass is 10.2. The van der Waals surface area contributed by atoms with Crippen LogP contribution in [0, 0.1) is 13.8 Å². The molecule has 8 heteroatoms. The van der Waals surface area contributed by atoms with Crippen LogP contribution in [0.5, 0.6) is 0 Å². The molecule has 2 aromatic heterocycles. The molecule has 0 unspecified atom stereocenters. The van der Waals surface area contributed by atoms with E-state index in [1.165, 1.54) is 17.4 Å². The minimum atomic E-state index is -0.0823. The normalized spacial score (nSPS) is 18.1. The van der Waals surface area contributed by atoms with Crippen LogP contribution >= 0.6 is 24.0 Å². The summed E-state index contributed by atoms with van der Waals surface area (Å²) in [6, 6.07) is 14.4. The van der Waals surface area contributed by atoms with Gasteiger partial charge in [-0.1, -0.05) is 24.0 Å². The van der Waals surface area contributed by atoms with E-state index in [1.54, 1.807) is 11.2 Å². The molecule has 0 bridgehead atoms. The molecule has 3 aromatic rings. The number of furan rings is 1. The van der Waals surface area contributed by atoms with Crippen LogP contribution in [-0.4, -0.2) is 46.0 Å². The summed E-state index contributed by atoms with van der Waals surface area (Å²) in [7, 11) is 0. The molecule has 0 N–H and O–H groups in total. The number of amides is 1. The zero-order chi connectivity index (χ0) is 22.9. The minimum Gasteiger partial charge on any atom is -0.467 e. The van der Waals surface area contributed by atoms with E-state index in [0.29, 0.717) is 21.5 Å². The van der Waals surface area contributed by atoms with Crippen LogP contribution in [0.2, 0.25) is 0 Å². The third-order valence-corrected chi connectivity index (χ3v) is 7.39. The second-order valence-corrected chi connectivity index (χ2v) is 9.80. The molecule has 0 radical (unpaired) electrons. The van der Waals surface area contributed by atoms with E-state index in [1.807, 2.05) is 18.2 Å². The van der Waals surface area contributed by atoms with Crippen molar-refractivity contribution >= 4 is 46.0 Å². The van der Waals surface area contributed by atoms with Crippen molar-refractivity contribution in [1.29, 1.82) is 0 Å². The van der Waals surface area contributed by atoms with Gasteiger partial charge in [-0.15, -0.1) is 0 Å². The van der Waals surface area contributed by atoms with Crippen molar-refractivity contribution in [3.05, 3.63) is 76.3 Å². The van der Waals surface area contributed by atoms with Crippen LogP contribution in [0.25, 0.3) is 11.8 Å². The Kier molecular flexibility index (Phi) is 6.14. The van der Waals surface area contributed by atoms with Crippen molar-refractivity contribution in [3.63, 3.8) is 0 Å². The van der Waals surface area contributed by atoms with Gasteiger partial charge in [0.1, 0.15) is 10.1 Å². The van der Waals surface area contributed by atoms with E-state index in [2.05, 4.69) is 53.6 Å². The van der Waals surface area contributed by atoms with Crippen LogP contribution in [0.3, 0.4) is 0 Å². The van der Waals surface area contributed by atoms with Crippen molar-refractivity contribution in [3.8, 4) is 5.69 Å². The quantitative estimate of drug-likeness (QED) is 0.382. The fraction of sp³-hybridized carbons (Fsp3) is 0.280. The summed E-state index contributed by atoms with van der Waals surface area (Å²) in [6.45, 7) is 7.90. The number of aryl methyl sites for hydroxylation is 1. The van der Waals surface area contributed by atoms with Gasteiger partial charge in [-0.3, -0.25) is 9.69 Å². The number of hydrogen-bond donors (Lipinski definition) is 0. The third kappa shape index (κ3) is 4.38. The second kappa shape index (κ2) is 9.21. The molecule has 4 heterocycles. The Morgan fingerprint density at radius 3 is 2.52 bits per heavy atom. The highest BCUT2D eigenvalue weighted by molar-refractivity contribution is 8.26. The van der Waals surface area contributed by atoms with Crippen LogP contribution < -0.4 is 4.90 Å². The van der Waals surface area contributed by atoms with Gasteiger partial charge in [0.25, 0.3) is 5.91 Å². The number of rotatable bonds is 5. The van der Waals surface area contributed by atoms with Gasteiger partial charge in [-0.25, -0.2) is 0 Å². The molecule has 170 valence electrons. The van der Waals surface area contributed by atoms with Gasteiger partial charge in [-0.05, 0) is 68.0 Å². The zero-order valence-electron chi connectivity index (χ0n) is 18.6. The van der Waals surface area contributed by atoms with Crippen molar-refractivity contribution in [2.24, 2.45) is 0 Å². The van der Waals surface area contributed by atoms with Gasteiger partial charge in [0, 0.05) is 35.9 Å². The average Bonchev–Trinajstić information content (AvgIpc) is 3.51. The Hall–Kier alpha value is -2.81. The number of thioether (sulfide) groups is 1. The smallest absolute Gasteiger partial charge is 0.266 e. The maximum absolute atomic E-state index is 13.0. The van der Waals surface area contributed by atoms with E-state index >= 15 is 0 Å². The first-order valence-electron chi connectivity index (χ1n) is 10.9. The van der Waals surface area contributed by atoms with E-state index < -0.39 is 0 Å². The van der Waals surface area contributed by atoms with Gasteiger partial charge < -0.3 is 18.6 Å². The van der Waals surface area contributed by atoms with Crippen molar-refractivity contribution in [2.45, 2.75) is 20.4 Å². The summed E-state index contributed by atoms with van der Waals surface area (Å²) >= 11 is 6.80. The first-order chi connectivity index (χ1) is 16.0. The number of anilines is 1. The number of thiocarbonyl (C=S) groups is 1. The first-order valence-corrected chi connectivity index (χ1v) is 12.1. The SMILES string of the molecule is Cc1cc(/C=C2\SC(=S)N(Cc3ccco3)C2=O)c(C)n1-c1ccc(N2CCOCC2)cc1. The molecule has 2 fully saturated rings. The lowest BCUT2D eigenvalue weighted by molar-refractivity contribution is -0.122. The average molecular weight is 480 g/mol. The summed E-state index contributed by atoms with van der Waals surface area (Å²) in [6.07, 6.45) is 3.55. The summed E-state index contributed by atoms with van der Waals surface area (Å²) < 4.78 is 13.6. The summed E-state index contributed by atoms with van der Waals surface area (Å²) in [5.41, 5.74) is 5.53. The highest BCUT2D eigenvalue weighted by Crippen LogP contribution is 2.35. The number of morpholine rings is 1. The Bertz CT molecular complexity index is 1210. The zero-order valence-corrected chi connectivity index (χ0v) is 20.2. The van der Waals surface area contributed by atoms with Crippen LogP contribution in [0.1, 0.15) is 22.7 Å². The number of nitrogens with zero attached hydrogens (tertiary/aromatic N) is 3. The number of benzene rings is 1. The first kappa shape index (κ1) is 22.0. The number of carbonyl (C=O) groups excluding carboxylic acids is 1. The summed E-state index contributed by atoms with van der Waals surface area (Å²) in [5.74, 6) is 0.632. The third-order valence-electron chi connectivity index (χ3n) is 6.01. The number of carbonyl (C=O) groups is 1. The summed E-state index contributed by atoms with van der Waals surface area (Å²) in [4.78, 5) is 17.6. The van der Waals surface area contributed by atoms with Crippen LogP contribution in [-0.2, 0) is 16.1 Å². The van der Waals surface area contributed by atoms with E-state index in [9.17, 15) is 4.79 Å². The van der Waals surface area contributed by atoms with Crippen molar-refractivity contribution in [1.82, 2.24) is 9.47 Å². The molecular weight excluding hydrogens is 454 g/mol. The molecule has 0 atom stereocenters. The van der Waals surface area contributed by atoms with Crippen molar-refractivity contribution < 1.29 is 13.9 Å². The molecule has 1 amide bonds. The van der Waals surface area contributed by atoms with Gasteiger partial charge in [0.2, 0.25) is 0 Å². The Morgan fingerprint density at radius 1 is 1.09 bits per heavy atom. The fourth-order valence-electron chi connectivity index (χ4n) is 4.30. The van der Waals surface area contributed by atoms with Gasteiger partial charge in [0.15, 0.2) is 0 Å². The maximum atomic E-state index is 13.0. The molecule has 2 saturated heterocycles. The minimum absolute atomic E-state index is 0.0823. The maximum Gasteiger partial charge on any atom is 0.266 e. The van der Waals surface area contributed by atoms with Gasteiger partial charge >= 0.3 is 0 Å². The Morgan fingerprint density at radius 2 is 1.82 bits per heavy atom. The molecule has 2 aliphatic rings. The fourth-order valence-corrected chi connectivity index (χ4v) is 5.55. The molecular formula is C25H25N3O3S2. The second-order valence-electron chi connectivity index (χ2n) is 8.12. The van der Waals surface area contributed by atoms with E-state index in [4.69, 9.17) is 21.4 Å². The molecule has 0 spiro atoms. The standard InChI is InChI=1S/C25H25N3O3S2/c1-17-14-19(15-23-24(29)27(25(32)33-23)16-22-4-3-11-31-22)18(2)28(17)21-7-5-20(6-8-21)26-9-12-30-13-10-26/h3-8,11,14-15H,9-10,12-13,16H2,1-2H3/b23-15-. The van der Waals surface area contributed by atoms with Crippen LogP contribution in [0.4, 0.5) is 5.69 Å². The van der Waals surface area contributed by atoms with Gasteiger partial charge in [0.05, 0.1) is 30.9 Å². The highest BCUT2D eigenvalue weighted by atomic mass is 32.2. The van der Waals surface area contributed by atoms with Crippen LogP contribution in [0.15, 0.2) is 58.1 Å². The van der Waals surface area contributed by atoms with E-state index in [0.717, 1.165) is 48.9 Å². The van der Waals surface area contributed by atoms with E-state index in [-0.39, 0.29) is 5.91 Å². The highest BCUT2D eigenvalue weighted by Gasteiger charge is 2.33. The molecule has 2 aliphatic heterocycles. The summed E-state index contributed by atoms with van der Waals surface area (Å²) in [5, 5.41) is 0. The molecule has 0 saturated carbocycles. The molecule has 6 nitrogen and oxygen atoms in total. The predicted octanol–water partition coefficient (Wildman–Crippen LogP) is 4.93. The molecule has 1 aromatic carbocycles. The number of hydrogen-bond acceptors (Lipinski definition) is 6. The van der Waals surface area contributed by atoms with Gasteiger partial charge in [-0.2, -0.15) is 0 Å². The predicted molar refractivity (Wildman–Crippen MR) is 136 cm³/mol. The monoisotopic (exact) mass is 479 g/mol. The largest absolute Gasteiger partial charge is 0.467 e. The molecule has 33 heavy (non-hydrogen) atoms. The lowest BCUT2D eigenvalue weighted by Gasteiger charge is -2.29. The number of aromatic nitrogens is 1.